The summed E-state index contributed by atoms with van der Waals surface area (Å²) >= 11 is 0. The quantitative estimate of drug-likeness (QED) is 0.655. The fourth-order valence-electron chi connectivity index (χ4n) is 2.16. The molecule has 0 radical (unpaired) electrons. The van der Waals surface area contributed by atoms with Crippen molar-refractivity contribution in [1.82, 2.24) is 5.32 Å². The number of aliphatic carboxylic acids is 1. The summed E-state index contributed by atoms with van der Waals surface area (Å²) < 4.78 is 0. The first-order valence-corrected chi connectivity index (χ1v) is 6.88. The fraction of sp³-hybridized carbons (Fsp3) is 0.857. The first kappa shape index (κ1) is 15.0. The van der Waals surface area contributed by atoms with Crippen LogP contribution in [0.2, 0.25) is 0 Å². The van der Waals surface area contributed by atoms with E-state index in [1.165, 1.54) is 19.3 Å². The van der Waals surface area contributed by atoms with Crippen molar-refractivity contribution in [3.05, 3.63) is 0 Å². The number of carboxylic acids is 1. The second-order valence-corrected chi connectivity index (χ2v) is 6.13. The molecule has 0 aromatic heterocycles. The van der Waals surface area contributed by atoms with Crippen LogP contribution in [-0.4, -0.2) is 23.5 Å². The summed E-state index contributed by atoms with van der Waals surface area (Å²) in [6.07, 6.45) is 5.19. The summed E-state index contributed by atoms with van der Waals surface area (Å²) in [7, 11) is 0. The maximum absolute atomic E-state index is 11.7. The van der Waals surface area contributed by atoms with Gasteiger partial charge in [0.25, 0.3) is 0 Å². The van der Waals surface area contributed by atoms with E-state index in [1.807, 2.05) is 0 Å². The van der Waals surface area contributed by atoms with Crippen molar-refractivity contribution in [1.29, 1.82) is 0 Å². The number of nitrogens with one attached hydrogen (secondary N) is 1. The van der Waals surface area contributed by atoms with Gasteiger partial charge in [0.05, 0.1) is 11.8 Å². The van der Waals surface area contributed by atoms with Crippen molar-refractivity contribution in [2.24, 2.45) is 17.3 Å². The summed E-state index contributed by atoms with van der Waals surface area (Å²) in [5.74, 6) is -1.69. The summed E-state index contributed by atoms with van der Waals surface area (Å²) in [4.78, 5) is 22.4. The number of unbranched alkanes of at least 4 members (excludes halogenated alkanes) is 2. The van der Waals surface area contributed by atoms with Crippen LogP contribution in [0.5, 0.6) is 0 Å². The molecule has 1 aliphatic carbocycles. The molecule has 0 aromatic carbocycles. The minimum Gasteiger partial charge on any atom is -0.481 e. The van der Waals surface area contributed by atoms with Gasteiger partial charge in [-0.05, 0) is 18.3 Å². The number of carboxylic acid groups (broad SMARTS) is 1. The first-order chi connectivity index (χ1) is 8.37. The van der Waals surface area contributed by atoms with Crippen LogP contribution in [0.1, 0.15) is 52.9 Å². The Morgan fingerprint density at radius 1 is 1.28 bits per heavy atom. The van der Waals surface area contributed by atoms with Crippen LogP contribution < -0.4 is 5.32 Å². The van der Waals surface area contributed by atoms with E-state index in [2.05, 4.69) is 26.1 Å². The molecule has 0 aromatic rings. The zero-order valence-corrected chi connectivity index (χ0v) is 11.7. The summed E-state index contributed by atoms with van der Waals surface area (Å²) in [5.41, 5.74) is 0.0957. The van der Waals surface area contributed by atoms with Gasteiger partial charge in [-0.25, -0.2) is 0 Å². The predicted molar refractivity (Wildman–Crippen MR) is 70.2 cm³/mol. The van der Waals surface area contributed by atoms with Crippen molar-refractivity contribution in [3.63, 3.8) is 0 Å². The van der Waals surface area contributed by atoms with Crippen LogP contribution in [0, 0.1) is 17.3 Å². The number of amides is 1. The molecule has 0 aliphatic heterocycles. The zero-order valence-electron chi connectivity index (χ0n) is 11.7. The van der Waals surface area contributed by atoms with E-state index in [4.69, 9.17) is 5.11 Å². The van der Waals surface area contributed by atoms with Gasteiger partial charge >= 0.3 is 5.97 Å². The lowest BCUT2D eigenvalue weighted by Crippen LogP contribution is -2.35. The predicted octanol–water partition coefficient (Wildman–Crippen LogP) is 2.43. The molecule has 104 valence electrons. The van der Waals surface area contributed by atoms with Gasteiger partial charge in [0, 0.05) is 6.54 Å². The Balaban J connectivity index is 2.23. The fourth-order valence-corrected chi connectivity index (χ4v) is 2.16. The molecule has 2 atom stereocenters. The van der Waals surface area contributed by atoms with Crippen LogP contribution in [0.4, 0.5) is 0 Å². The van der Waals surface area contributed by atoms with E-state index in [9.17, 15) is 9.59 Å². The van der Waals surface area contributed by atoms with Crippen molar-refractivity contribution >= 4 is 11.9 Å². The Kier molecular flexibility index (Phi) is 5.17. The van der Waals surface area contributed by atoms with Crippen molar-refractivity contribution in [2.45, 2.75) is 52.9 Å². The number of carbonyl (C=O) groups excluding carboxylic acids is 1. The minimum absolute atomic E-state index is 0.0917. The third-order valence-electron chi connectivity index (χ3n) is 3.64. The third-order valence-corrected chi connectivity index (χ3v) is 3.64. The number of rotatable bonds is 8. The first-order valence-electron chi connectivity index (χ1n) is 6.88. The minimum atomic E-state index is -0.850. The van der Waals surface area contributed by atoms with E-state index < -0.39 is 11.9 Å². The third kappa shape index (κ3) is 4.67. The Hall–Kier alpha value is -1.06. The lowest BCUT2D eigenvalue weighted by molar-refractivity contribution is -0.140. The molecule has 0 spiro atoms. The molecule has 2 N–H and O–H groups in total. The monoisotopic (exact) mass is 255 g/mol. The van der Waals surface area contributed by atoms with Crippen LogP contribution in [-0.2, 0) is 9.59 Å². The SMILES string of the molecule is CCCCCC(C)(C)CNC(=O)[C@@H]1C[C@@H]1C(=O)O. The maximum atomic E-state index is 11.7. The summed E-state index contributed by atoms with van der Waals surface area (Å²) in [6.45, 7) is 7.10. The molecule has 1 rings (SSSR count). The van der Waals surface area contributed by atoms with Gasteiger partial charge in [-0.2, -0.15) is 0 Å². The van der Waals surface area contributed by atoms with E-state index in [0.29, 0.717) is 13.0 Å². The highest BCUT2D eigenvalue weighted by atomic mass is 16.4. The van der Waals surface area contributed by atoms with E-state index in [1.54, 1.807) is 0 Å². The molecule has 0 bridgehead atoms. The van der Waals surface area contributed by atoms with E-state index >= 15 is 0 Å². The van der Waals surface area contributed by atoms with Crippen LogP contribution in [0.3, 0.4) is 0 Å². The average Bonchev–Trinajstić information content (AvgIpc) is 3.06. The lowest BCUT2D eigenvalue weighted by Gasteiger charge is -2.25. The normalized spacial score (nSPS) is 22.6. The molecule has 0 heterocycles. The van der Waals surface area contributed by atoms with Crippen LogP contribution in [0.25, 0.3) is 0 Å². The summed E-state index contributed by atoms with van der Waals surface area (Å²) in [5, 5.41) is 11.7. The highest BCUT2D eigenvalue weighted by molar-refractivity contribution is 5.89. The van der Waals surface area contributed by atoms with E-state index in [-0.39, 0.29) is 17.2 Å². The van der Waals surface area contributed by atoms with Gasteiger partial charge in [-0.1, -0.05) is 40.0 Å². The second kappa shape index (κ2) is 6.21. The second-order valence-electron chi connectivity index (χ2n) is 6.13. The zero-order chi connectivity index (χ0) is 13.8. The topological polar surface area (TPSA) is 66.4 Å². The van der Waals surface area contributed by atoms with Gasteiger partial charge in [-0.3, -0.25) is 9.59 Å². The highest BCUT2D eigenvalue weighted by Crippen LogP contribution is 2.38. The van der Waals surface area contributed by atoms with Crippen molar-refractivity contribution in [3.8, 4) is 0 Å². The maximum Gasteiger partial charge on any atom is 0.307 e. The number of hydrogen-bond acceptors (Lipinski definition) is 2. The van der Waals surface area contributed by atoms with Gasteiger partial charge < -0.3 is 10.4 Å². The Bertz CT molecular complexity index is 312. The van der Waals surface area contributed by atoms with Gasteiger partial charge in [0.15, 0.2) is 0 Å². The Morgan fingerprint density at radius 2 is 1.94 bits per heavy atom. The van der Waals surface area contributed by atoms with E-state index in [0.717, 1.165) is 6.42 Å². The van der Waals surface area contributed by atoms with Crippen molar-refractivity contribution in [2.75, 3.05) is 6.54 Å². The molecule has 1 aliphatic rings. The molecule has 0 saturated heterocycles. The molecule has 1 fully saturated rings. The molecule has 1 saturated carbocycles. The molecular formula is C14H25NO3. The molecule has 4 nitrogen and oxygen atoms in total. The van der Waals surface area contributed by atoms with Gasteiger partial charge in [-0.15, -0.1) is 0 Å². The Labute approximate surface area is 109 Å². The number of carbonyl (C=O) groups is 2. The Morgan fingerprint density at radius 3 is 2.44 bits per heavy atom. The molecule has 1 amide bonds. The molecule has 0 unspecified atom stereocenters. The van der Waals surface area contributed by atoms with Crippen LogP contribution >= 0.6 is 0 Å². The van der Waals surface area contributed by atoms with Gasteiger partial charge in [0.2, 0.25) is 5.91 Å². The largest absolute Gasteiger partial charge is 0.481 e. The van der Waals surface area contributed by atoms with Gasteiger partial charge in [0.1, 0.15) is 0 Å². The van der Waals surface area contributed by atoms with Crippen molar-refractivity contribution < 1.29 is 14.7 Å². The lowest BCUT2D eigenvalue weighted by atomic mass is 9.87. The smallest absolute Gasteiger partial charge is 0.307 e. The highest BCUT2D eigenvalue weighted by Gasteiger charge is 2.48. The molecule has 18 heavy (non-hydrogen) atoms. The molecular weight excluding hydrogens is 230 g/mol. The molecule has 4 heteroatoms. The standard InChI is InChI=1S/C14H25NO3/c1-4-5-6-7-14(2,3)9-15-12(16)10-8-11(10)13(17)18/h10-11H,4-9H2,1-3H3,(H,15,16)(H,17,18)/t10-,11+/m1/s1. The average molecular weight is 255 g/mol. The van der Waals surface area contributed by atoms with Crippen LogP contribution in [0.15, 0.2) is 0 Å². The summed E-state index contributed by atoms with van der Waals surface area (Å²) in [6, 6.07) is 0. The number of hydrogen-bond donors (Lipinski definition) is 2.